The summed E-state index contributed by atoms with van der Waals surface area (Å²) < 4.78 is 0. The molecule has 0 aliphatic carbocycles. The van der Waals surface area contributed by atoms with Crippen molar-refractivity contribution in [3.63, 3.8) is 0 Å². The van der Waals surface area contributed by atoms with E-state index in [1.807, 2.05) is 5.31 Å². The van der Waals surface area contributed by atoms with Crippen LogP contribution in [0.25, 0.3) is 0 Å². The summed E-state index contributed by atoms with van der Waals surface area (Å²) in [4.78, 5) is 0. The highest BCUT2D eigenvalue weighted by Crippen LogP contribution is 2.70. The second-order valence-electron chi connectivity index (χ2n) is 9.02. The Bertz CT molecular complexity index is 396. The van der Waals surface area contributed by atoms with Crippen LogP contribution in [-0.2, 0) is 0 Å². The van der Waals surface area contributed by atoms with Gasteiger partial charge in [-0.05, 0) is 84.7 Å². The quantitative estimate of drug-likeness (QED) is 0.412. The molecule has 0 aromatic rings. The highest BCUT2D eigenvalue weighted by atomic mass is 31.1. The molecular weight excluding hydrogens is 326 g/mol. The summed E-state index contributed by atoms with van der Waals surface area (Å²) in [5, 5.41) is 1.93. The summed E-state index contributed by atoms with van der Waals surface area (Å²) in [5.74, 6) is 2.94. The molecular formula is C22H42P2. The Morgan fingerprint density at radius 3 is 1.46 bits per heavy atom. The molecule has 0 bridgehead atoms. The van der Waals surface area contributed by atoms with Crippen molar-refractivity contribution in [3.8, 4) is 0 Å². The molecule has 0 aromatic heterocycles. The van der Waals surface area contributed by atoms with Gasteiger partial charge in [-0.1, -0.05) is 70.1 Å². The van der Waals surface area contributed by atoms with Gasteiger partial charge in [-0.2, -0.15) is 0 Å². The van der Waals surface area contributed by atoms with Gasteiger partial charge >= 0.3 is 0 Å². The minimum Gasteiger partial charge on any atom is -0.0766 e. The van der Waals surface area contributed by atoms with Crippen LogP contribution in [-0.4, -0.2) is 22.6 Å². The van der Waals surface area contributed by atoms with E-state index in [9.17, 15) is 0 Å². The molecule has 2 aliphatic rings. The van der Waals surface area contributed by atoms with Crippen LogP contribution in [0.4, 0.5) is 0 Å². The van der Waals surface area contributed by atoms with Crippen LogP contribution in [0.3, 0.4) is 0 Å². The minimum atomic E-state index is 0.0894. The lowest BCUT2D eigenvalue weighted by Gasteiger charge is -2.37. The van der Waals surface area contributed by atoms with E-state index in [1.165, 1.54) is 51.4 Å². The molecule has 2 heteroatoms. The van der Waals surface area contributed by atoms with E-state index in [4.69, 9.17) is 0 Å². The fourth-order valence-electron chi connectivity index (χ4n) is 4.97. The van der Waals surface area contributed by atoms with Crippen LogP contribution in [0.5, 0.6) is 0 Å². The first-order chi connectivity index (χ1) is 11.4. The van der Waals surface area contributed by atoms with Crippen molar-refractivity contribution in [2.75, 3.05) is 0 Å². The topological polar surface area (TPSA) is 0 Å². The van der Waals surface area contributed by atoms with Crippen LogP contribution >= 0.6 is 15.8 Å². The highest BCUT2D eigenvalue weighted by molar-refractivity contribution is 7.67. The molecule has 2 rings (SSSR count). The maximum absolute atomic E-state index is 2.94. The molecule has 0 saturated carbocycles. The summed E-state index contributed by atoms with van der Waals surface area (Å²) in [7, 11) is 0.203. The average Bonchev–Trinajstić information content (AvgIpc) is 3.13. The van der Waals surface area contributed by atoms with Gasteiger partial charge in [0.25, 0.3) is 0 Å². The van der Waals surface area contributed by atoms with Crippen molar-refractivity contribution in [1.82, 2.24) is 0 Å². The summed E-state index contributed by atoms with van der Waals surface area (Å²) in [6.07, 6.45) is 11.6. The molecule has 4 atom stereocenters. The number of hydrogen-bond donors (Lipinski definition) is 0. The summed E-state index contributed by atoms with van der Waals surface area (Å²) in [6.45, 7) is 17.3. The molecule has 0 radical (unpaired) electrons. The van der Waals surface area contributed by atoms with E-state index in [1.54, 1.807) is 0 Å². The van der Waals surface area contributed by atoms with E-state index in [-0.39, 0.29) is 15.8 Å². The van der Waals surface area contributed by atoms with E-state index in [0.29, 0.717) is 5.41 Å². The van der Waals surface area contributed by atoms with Crippen LogP contribution in [0.2, 0.25) is 0 Å². The second-order valence-corrected chi connectivity index (χ2v) is 14.4. The standard InChI is InChI=1S/C22H42P2/c1-8-17-12-13-18(9-2)23(17)16-21(22(5,6)7)24-19(10-3)14-15-20(24)11-4/h16-20H,8-15H2,1-7H3/t17-,18-,19-,20-/m1/s1. The lowest BCUT2D eigenvalue weighted by atomic mass is 9.97. The van der Waals surface area contributed by atoms with Crippen LogP contribution in [0.1, 0.15) is 99.8 Å². The molecule has 2 aliphatic heterocycles. The van der Waals surface area contributed by atoms with Gasteiger partial charge in [0, 0.05) is 0 Å². The number of hydrogen-bond acceptors (Lipinski definition) is 0. The Labute approximate surface area is 155 Å². The fraction of sp³-hybridized carbons (Fsp3) is 0.909. The molecule has 0 amide bonds. The molecule has 0 nitrogen and oxygen atoms in total. The Morgan fingerprint density at radius 1 is 0.750 bits per heavy atom. The molecule has 2 heterocycles. The summed E-state index contributed by atoms with van der Waals surface area (Å²) in [5.41, 5.74) is 4.42. The zero-order valence-electron chi connectivity index (χ0n) is 17.4. The third kappa shape index (κ3) is 4.46. The van der Waals surface area contributed by atoms with Crippen LogP contribution in [0.15, 0.2) is 11.1 Å². The maximum Gasteiger partial charge on any atom is -0.0127 e. The molecule has 2 saturated heterocycles. The van der Waals surface area contributed by atoms with Crippen molar-refractivity contribution in [1.29, 1.82) is 0 Å². The third-order valence-electron chi connectivity index (χ3n) is 6.50. The second kappa shape index (κ2) is 9.00. The summed E-state index contributed by atoms with van der Waals surface area (Å²) in [6, 6.07) is 0. The molecule has 0 aromatic carbocycles. The van der Waals surface area contributed by atoms with Crippen molar-refractivity contribution < 1.29 is 0 Å². The largest absolute Gasteiger partial charge is 0.0766 e. The minimum absolute atomic E-state index is 0.0894. The van der Waals surface area contributed by atoms with Crippen molar-refractivity contribution >= 4 is 15.8 Å². The van der Waals surface area contributed by atoms with Gasteiger partial charge in [0.2, 0.25) is 0 Å². The smallest absolute Gasteiger partial charge is 0.0127 e. The Kier molecular flexibility index (Phi) is 7.84. The van der Waals surface area contributed by atoms with E-state index < -0.39 is 0 Å². The van der Waals surface area contributed by atoms with Gasteiger partial charge in [0.05, 0.1) is 0 Å². The normalized spacial score (nSPS) is 33.5. The number of allylic oxidation sites excluding steroid dienone is 1. The van der Waals surface area contributed by atoms with Gasteiger partial charge in [0.1, 0.15) is 0 Å². The van der Waals surface area contributed by atoms with Gasteiger partial charge in [0.15, 0.2) is 0 Å². The molecule has 0 N–H and O–H groups in total. The number of rotatable bonds is 6. The zero-order valence-corrected chi connectivity index (χ0v) is 19.2. The van der Waals surface area contributed by atoms with E-state index in [2.05, 4.69) is 54.3 Å². The predicted octanol–water partition coefficient (Wildman–Crippen LogP) is 8.54. The Hall–Kier alpha value is 0.600. The van der Waals surface area contributed by atoms with E-state index in [0.717, 1.165) is 22.6 Å². The van der Waals surface area contributed by atoms with Crippen LogP contribution in [0, 0.1) is 5.41 Å². The van der Waals surface area contributed by atoms with Gasteiger partial charge in [-0.15, -0.1) is 0 Å². The van der Waals surface area contributed by atoms with Gasteiger partial charge < -0.3 is 0 Å². The van der Waals surface area contributed by atoms with E-state index >= 15 is 0 Å². The van der Waals surface area contributed by atoms with Crippen molar-refractivity contribution in [3.05, 3.63) is 11.1 Å². The maximum atomic E-state index is 2.94. The first-order valence-electron chi connectivity index (χ1n) is 10.6. The fourth-order valence-corrected chi connectivity index (χ4v) is 13.1. The Balaban J connectivity index is 2.40. The SMILES string of the molecule is CC[C@@H]1CC[C@@H](CC)P1C=C(P1[C@H](CC)CC[C@H]1CC)C(C)(C)C. The monoisotopic (exact) mass is 368 g/mol. The lowest BCUT2D eigenvalue weighted by molar-refractivity contribution is 0.529. The molecule has 0 unspecified atom stereocenters. The predicted molar refractivity (Wildman–Crippen MR) is 116 cm³/mol. The highest BCUT2D eigenvalue weighted by Gasteiger charge is 2.41. The third-order valence-corrected chi connectivity index (χ3v) is 14.4. The van der Waals surface area contributed by atoms with Crippen molar-refractivity contribution in [2.24, 2.45) is 5.41 Å². The average molecular weight is 369 g/mol. The summed E-state index contributed by atoms with van der Waals surface area (Å²) >= 11 is 0. The van der Waals surface area contributed by atoms with Crippen LogP contribution < -0.4 is 0 Å². The molecule has 0 spiro atoms. The molecule has 140 valence electrons. The first-order valence-corrected chi connectivity index (χ1v) is 13.7. The van der Waals surface area contributed by atoms with Gasteiger partial charge in [-0.3, -0.25) is 0 Å². The molecule has 2 fully saturated rings. The lowest BCUT2D eigenvalue weighted by Crippen LogP contribution is -2.16. The zero-order chi connectivity index (χ0) is 17.9. The first kappa shape index (κ1) is 20.9. The van der Waals surface area contributed by atoms with Crippen molar-refractivity contribution in [2.45, 2.75) is 122 Å². The van der Waals surface area contributed by atoms with Gasteiger partial charge in [-0.25, -0.2) is 0 Å². The molecule has 24 heavy (non-hydrogen) atoms. The Morgan fingerprint density at radius 2 is 1.12 bits per heavy atom.